The Kier molecular flexibility index (Phi) is 4.07. The molecular formula is C19H18N4O3S. The molecule has 3 aromatic rings. The third-order valence-corrected chi connectivity index (χ3v) is 5.99. The SMILES string of the molecule is Cc1ccc(CC(C)C)nc1N1C(=O)Nc2c[s+](C(=O)[O-])c3nccc1c23. The van der Waals surface area contributed by atoms with Crippen LogP contribution in [0.25, 0.3) is 10.2 Å². The van der Waals surface area contributed by atoms with Crippen LogP contribution in [0.15, 0.2) is 29.8 Å². The number of carbonyl (C=O) groups excluding carboxylic acids is 2. The van der Waals surface area contributed by atoms with Crippen LogP contribution >= 0.6 is 10.5 Å². The Morgan fingerprint density at radius 2 is 2.11 bits per heavy atom. The maximum absolute atomic E-state index is 12.9. The van der Waals surface area contributed by atoms with E-state index < -0.39 is 15.8 Å². The van der Waals surface area contributed by atoms with Gasteiger partial charge in [0.2, 0.25) is 0 Å². The number of aryl methyl sites for hydroxylation is 1. The molecule has 1 aliphatic rings. The van der Waals surface area contributed by atoms with Gasteiger partial charge in [-0.25, -0.2) is 19.7 Å². The molecule has 0 bridgehead atoms. The summed E-state index contributed by atoms with van der Waals surface area (Å²) >= 11 is 0. The van der Waals surface area contributed by atoms with E-state index in [-0.39, 0.29) is 6.03 Å². The number of nitrogens with zero attached hydrogens (tertiary/aromatic N) is 3. The van der Waals surface area contributed by atoms with Crippen LogP contribution in [-0.4, -0.2) is 21.3 Å². The molecule has 8 heteroatoms. The number of carbonyl (C=O) groups is 2. The van der Waals surface area contributed by atoms with Crippen molar-refractivity contribution in [2.45, 2.75) is 27.2 Å². The quantitative estimate of drug-likeness (QED) is 0.693. The number of rotatable bonds is 4. The van der Waals surface area contributed by atoms with Crippen LogP contribution in [0, 0.1) is 12.8 Å². The van der Waals surface area contributed by atoms with Gasteiger partial charge < -0.3 is 15.2 Å². The van der Waals surface area contributed by atoms with E-state index in [2.05, 4.69) is 24.1 Å². The summed E-state index contributed by atoms with van der Waals surface area (Å²) in [6.07, 6.45) is 2.32. The summed E-state index contributed by atoms with van der Waals surface area (Å²) in [7, 11) is -1.29. The van der Waals surface area contributed by atoms with Crippen LogP contribution in [0.1, 0.15) is 25.1 Å². The van der Waals surface area contributed by atoms with Gasteiger partial charge in [0.05, 0.1) is 16.2 Å². The standard InChI is InChI=1S/C19H18N4O3S/c1-10(2)8-12-5-4-11(3)16(21-12)23-14-6-7-20-17-15(14)13(22-18(23)24)9-27(17)19(25)26/h4-7,9-10H,8H2,1-3H3,(H-,22,24,25,26). The minimum atomic E-state index is -1.29. The lowest BCUT2D eigenvalue weighted by Crippen LogP contribution is -2.34. The fraction of sp³-hybridized carbons (Fsp3) is 0.263. The topological polar surface area (TPSA) is 98.2 Å². The van der Waals surface area contributed by atoms with Gasteiger partial charge in [-0.15, -0.1) is 0 Å². The molecule has 0 spiro atoms. The van der Waals surface area contributed by atoms with Crippen molar-refractivity contribution in [2.24, 2.45) is 5.92 Å². The first-order valence-corrected chi connectivity index (χ1v) is 9.88. The highest BCUT2D eigenvalue weighted by Crippen LogP contribution is 2.46. The minimum Gasteiger partial charge on any atom is -0.500 e. The Hall–Kier alpha value is -3.00. The molecule has 4 heterocycles. The van der Waals surface area contributed by atoms with Gasteiger partial charge in [0.15, 0.2) is 5.38 Å². The Morgan fingerprint density at radius 1 is 1.33 bits per heavy atom. The number of aromatic nitrogens is 2. The van der Waals surface area contributed by atoms with Crippen molar-refractivity contribution in [2.75, 3.05) is 10.2 Å². The summed E-state index contributed by atoms with van der Waals surface area (Å²) in [5, 5.41) is 15.2. The maximum atomic E-state index is 12.9. The number of carboxylic acid groups (broad SMARTS) is 1. The lowest BCUT2D eigenvalue weighted by molar-refractivity contribution is -0.233. The summed E-state index contributed by atoms with van der Waals surface area (Å²) in [5.74, 6) is 0.978. The Morgan fingerprint density at radius 3 is 2.81 bits per heavy atom. The molecule has 0 radical (unpaired) electrons. The maximum Gasteiger partial charge on any atom is 0.332 e. The molecule has 1 atom stereocenters. The molecule has 0 aromatic carbocycles. The van der Waals surface area contributed by atoms with E-state index in [4.69, 9.17) is 4.98 Å². The van der Waals surface area contributed by atoms with Gasteiger partial charge in [-0.3, -0.25) is 0 Å². The van der Waals surface area contributed by atoms with Gasteiger partial charge in [-0.05, 0) is 37.0 Å². The zero-order valence-corrected chi connectivity index (χ0v) is 16.0. The molecular weight excluding hydrogens is 364 g/mol. The normalized spacial score (nSPS) is 14.0. The van der Waals surface area contributed by atoms with Crippen LogP contribution < -0.4 is 15.3 Å². The number of hydrogen-bond donors (Lipinski definition) is 1. The smallest absolute Gasteiger partial charge is 0.332 e. The van der Waals surface area contributed by atoms with E-state index >= 15 is 0 Å². The van der Waals surface area contributed by atoms with Crippen molar-refractivity contribution in [1.29, 1.82) is 0 Å². The average molecular weight is 382 g/mol. The molecule has 27 heavy (non-hydrogen) atoms. The molecule has 4 rings (SSSR count). The van der Waals surface area contributed by atoms with E-state index in [1.165, 1.54) is 16.5 Å². The Labute approximate surface area is 158 Å². The first-order valence-electron chi connectivity index (χ1n) is 8.59. The van der Waals surface area contributed by atoms with Crippen molar-refractivity contribution < 1.29 is 14.7 Å². The first-order chi connectivity index (χ1) is 12.9. The summed E-state index contributed by atoms with van der Waals surface area (Å²) in [4.78, 5) is 35.2. The van der Waals surface area contributed by atoms with E-state index in [0.717, 1.165) is 17.7 Å². The number of hydrogen-bond acceptors (Lipinski definition) is 5. The van der Waals surface area contributed by atoms with Gasteiger partial charge in [0.25, 0.3) is 4.83 Å². The predicted octanol–water partition coefficient (Wildman–Crippen LogP) is 3.76. The van der Waals surface area contributed by atoms with E-state index in [0.29, 0.717) is 33.3 Å². The lowest BCUT2D eigenvalue weighted by atomic mass is 10.1. The van der Waals surface area contributed by atoms with Crippen LogP contribution in [0.2, 0.25) is 0 Å². The molecule has 0 saturated carbocycles. The number of thiophene rings is 1. The van der Waals surface area contributed by atoms with Crippen LogP contribution in [-0.2, 0) is 6.42 Å². The van der Waals surface area contributed by atoms with E-state index in [1.54, 1.807) is 6.07 Å². The molecule has 7 nitrogen and oxygen atoms in total. The van der Waals surface area contributed by atoms with Crippen molar-refractivity contribution in [1.82, 2.24) is 9.97 Å². The third-order valence-electron chi connectivity index (χ3n) is 4.43. The second kappa shape index (κ2) is 6.31. The Bertz CT molecular complexity index is 1090. The number of pyridine rings is 2. The predicted molar refractivity (Wildman–Crippen MR) is 104 cm³/mol. The first kappa shape index (κ1) is 17.4. The molecule has 0 aliphatic carbocycles. The minimum absolute atomic E-state index is 0.369. The summed E-state index contributed by atoms with van der Waals surface area (Å²) in [6, 6.07) is 5.26. The van der Waals surface area contributed by atoms with Crippen molar-refractivity contribution in [3.8, 4) is 0 Å². The molecule has 0 fully saturated rings. The average Bonchev–Trinajstić information content (AvgIpc) is 2.97. The van der Waals surface area contributed by atoms with Gasteiger partial charge in [0.1, 0.15) is 16.9 Å². The zero-order chi connectivity index (χ0) is 19.3. The lowest BCUT2D eigenvalue weighted by Gasteiger charge is -2.27. The fourth-order valence-electron chi connectivity index (χ4n) is 3.30. The molecule has 1 aliphatic heterocycles. The Balaban J connectivity index is 1.92. The van der Waals surface area contributed by atoms with Crippen LogP contribution in [0.5, 0.6) is 0 Å². The highest BCUT2D eigenvalue weighted by molar-refractivity contribution is 7.54. The largest absolute Gasteiger partial charge is 0.500 e. The van der Waals surface area contributed by atoms with Gasteiger partial charge in [-0.2, -0.15) is 0 Å². The fourth-order valence-corrected chi connectivity index (χ4v) is 4.68. The third kappa shape index (κ3) is 2.82. The highest BCUT2D eigenvalue weighted by Gasteiger charge is 2.35. The summed E-state index contributed by atoms with van der Waals surface area (Å²) in [6.45, 7) is 6.12. The molecule has 1 unspecified atom stereocenters. The van der Waals surface area contributed by atoms with Gasteiger partial charge in [-0.1, -0.05) is 19.9 Å². The molecule has 138 valence electrons. The van der Waals surface area contributed by atoms with Gasteiger partial charge in [0, 0.05) is 11.9 Å². The summed E-state index contributed by atoms with van der Waals surface area (Å²) in [5.41, 5.74) is 2.81. The van der Waals surface area contributed by atoms with Crippen molar-refractivity contribution in [3.05, 3.63) is 41.0 Å². The van der Waals surface area contributed by atoms with Crippen molar-refractivity contribution in [3.63, 3.8) is 0 Å². The number of anilines is 3. The second-order valence-electron chi connectivity index (χ2n) is 6.94. The monoisotopic (exact) mass is 382 g/mol. The second-order valence-corrected chi connectivity index (χ2v) is 8.57. The van der Waals surface area contributed by atoms with Crippen LogP contribution in [0.4, 0.5) is 26.8 Å². The molecule has 2 amide bonds. The van der Waals surface area contributed by atoms with Crippen molar-refractivity contribution >= 4 is 49.2 Å². The number of urea groups is 1. The van der Waals surface area contributed by atoms with Crippen LogP contribution in [0.3, 0.4) is 0 Å². The number of nitrogens with one attached hydrogen (secondary N) is 1. The molecule has 0 saturated heterocycles. The van der Waals surface area contributed by atoms with Gasteiger partial charge >= 0.3 is 11.3 Å². The highest BCUT2D eigenvalue weighted by atomic mass is 32.2. The molecule has 1 N–H and O–H groups in total. The van der Waals surface area contributed by atoms with E-state index in [9.17, 15) is 14.7 Å². The van der Waals surface area contributed by atoms with E-state index in [1.807, 2.05) is 19.1 Å². The molecule has 3 aromatic heterocycles. The zero-order valence-electron chi connectivity index (χ0n) is 15.1. The number of amides is 2. The summed E-state index contributed by atoms with van der Waals surface area (Å²) < 4.78 is 0.